The highest BCUT2D eigenvalue weighted by Crippen LogP contribution is 2.43. The zero-order chi connectivity index (χ0) is 17.2. The van der Waals surface area contributed by atoms with E-state index in [1.54, 1.807) is 22.7 Å². The molecule has 4 aromatic heterocycles. The molecule has 0 fully saturated rings. The van der Waals surface area contributed by atoms with Crippen molar-refractivity contribution in [1.29, 1.82) is 0 Å². The molecule has 0 aromatic carbocycles. The number of hydrogen-bond donors (Lipinski definition) is 2. The van der Waals surface area contributed by atoms with Gasteiger partial charge in [0.15, 0.2) is 0 Å². The molecule has 4 rings (SSSR count). The zero-order valence-electron chi connectivity index (χ0n) is 13.7. The molecular weight excluding hydrogens is 368 g/mol. The normalized spacial score (nSPS) is 12.6. The first-order valence-corrected chi connectivity index (χ1v) is 10.5. The Morgan fingerprint density at radius 2 is 2.16 bits per heavy atom. The first-order chi connectivity index (χ1) is 12.2. The maximum absolute atomic E-state index is 6.08. The molecule has 4 aromatic rings. The van der Waals surface area contributed by atoms with Crippen LogP contribution >= 0.6 is 34.2 Å². The predicted octanol–water partition coefficient (Wildman–Crippen LogP) is 4.98. The van der Waals surface area contributed by atoms with Gasteiger partial charge in [-0.2, -0.15) is 4.37 Å². The first-order valence-electron chi connectivity index (χ1n) is 8.06. The van der Waals surface area contributed by atoms with Crippen LogP contribution in [0.15, 0.2) is 41.9 Å². The summed E-state index contributed by atoms with van der Waals surface area (Å²) < 4.78 is 5.94. The van der Waals surface area contributed by atoms with Crippen LogP contribution in [0.1, 0.15) is 16.7 Å². The van der Waals surface area contributed by atoms with Gasteiger partial charge in [-0.3, -0.25) is 4.98 Å². The summed E-state index contributed by atoms with van der Waals surface area (Å²) in [6, 6.07) is 10.3. The van der Waals surface area contributed by atoms with Gasteiger partial charge in [0.25, 0.3) is 0 Å². The molecule has 0 amide bonds. The van der Waals surface area contributed by atoms with Gasteiger partial charge in [0, 0.05) is 27.6 Å². The van der Waals surface area contributed by atoms with E-state index in [9.17, 15) is 0 Å². The Morgan fingerprint density at radius 1 is 1.24 bits per heavy atom. The Morgan fingerprint density at radius 3 is 2.88 bits per heavy atom. The van der Waals surface area contributed by atoms with Crippen molar-refractivity contribution >= 4 is 49.4 Å². The lowest BCUT2D eigenvalue weighted by atomic mass is 10.1. The molecule has 0 spiro atoms. The van der Waals surface area contributed by atoms with Crippen molar-refractivity contribution in [3.8, 4) is 11.3 Å². The molecule has 25 heavy (non-hydrogen) atoms. The second-order valence-corrected chi connectivity index (χ2v) is 8.83. The Hall–Kier alpha value is -1.80. The SMILES string of the molecule is CC(N)Cc1sc2c(NCc3cccs3)snc2c1-c1ccccn1. The van der Waals surface area contributed by atoms with Crippen LogP contribution in [0.3, 0.4) is 0 Å². The Balaban J connectivity index is 1.74. The minimum Gasteiger partial charge on any atom is -0.370 e. The molecule has 3 N–H and O–H groups in total. The topological polar surface area (TPSA) is 63.8 Å². The molecule has 7 heteroatoms. The number of aromatic nitrogens is 2. The number of nitrogens with one attached hydrogen (secondary N) is 1. The lowest BCUT2D eigenvalue weighted by Gasteiger charge is -2.06. The predicted molar refractivity (Wildman–Crippen MR) is 110 cm³/mol. The van der Waals surface area contributed by atoms with Gasteiger partial charge in [0.2, 0.25) is 0 Å². The summed E-state index contributed by atoms with van der Waals surface area (Å²) in [7, 11) is 0. The third-order valence-corrected chi connectivity index (χ3v) is 6.85. The number of fused-ring (bicyclic) bond motifs is 1. The van der Waals surface area contributed by atoms with Crippen molar-refractivity contribution in [2.75, 3.05) is 5.32 Å². The van der Waals surface area contributed by atoms with E-state index in [2.05, 4.69) is 27.8 Å². The summed E-state index contributed by atoms with van der Waals surface area (Å²) in [6.07, 6.45) is 2.67. The van der Waals surface area contributed by atoms with Gasteiger partial charge in [0.05, 0.1) is 16.9 Å². The monoisotopic (exact) mass is 386 g/mol. The van der Waals surface area contributed by atoms with E-state index in [4.69, 9.17) is 10.1 Å². The van der Waals surface area contributed by atoms with Crippen LogP contribution in [0, 0.1) is 0 Å². The smallest absolute Gasteiger partial charge is 0.127 e. The number of anilines is 1. The average molecular weight is 387 g/mol. The molecule has 0 aliphatic heterocycles. The summed E-state index contributed by atoms with van der Waals surface area (Å²) in [5.41, 5.74) is 9.23. The highest BCUT2D eigenvalue weighted by Gasteiger charge is 2.21. The maximum atomic E-state index is 6.08. The summed E-state index contributed by atoms with van der Waals surface area (Å²) in [5, 5.41) is 6.77. The Kier molecular flexibility index (Phi) is 4.80. The van der Waals surface area contributed by atoms with E-state index >= 15 is 0 Å². The van der Waals surface area contributed by atoms with Gasteiger partial charge in [0.1, 0.15) is 10.5 Å². The van der Waals surface area contributed by atoms with Gasteiger partial charge in [-0.05, 0) is 48.5 Å². The highest BCUT2D eigenvalue weighted by molar-refractivity contribution is 7.25. The fraction of sp³-hybridized carbons (Fsp3) is 0.222. The molecule has 1 unspecified atom stereocenters. The van der Waals surface area contributed by atoms with Crippen molar-refractivity contribution in [2.24, 2.45) is 5.73 Å². The minimum absolute atomic E-state index is 0.108. The largest absolute Gasteiger partial charge is 0.370 e. The fourth-order valence-electron chi connectivity index (χ4n) is 2.75. The number of hydrogen-bond acceptors (Lipinski definition) is 7. The minimum atomic E-state index is 0.108. The molecule has 0 bridgehead atoms. The van der Waals surface area contributed by atoms with Crippen molar-refractivity contribution in [3.63, 3.8) is 0 Å². The number of pyridine rings is 1. The van der Waals surface area contributed by atoms with Crippen LogP contribution in [-0.2, 0) is 13.0 Å². The second-order valence-electron chi connectivity index (χ2n) is 5.92. The van der Waals surface area contributed by atoms with Crippen LogP contribution in [0.2, 0.25) is 0 Å². The van der Waals surface area contributed by atoms with Gasteiger partial charge in [-0.1, -0.05) is 12.1 Å². The summed E-state index contributed by atoms with van der Waals surface area (Å²) in [4.78, 5) is 7.13. The Bertz CT molecular complexity index is 955. The summed E-state index contributed by atoms with van der Waals surface area (Å²) in [5.74, 6) is 0. The van der Waals surface area contributed by atoms with E-state index in [-0.39, 0.29) is 6.04 Å². The Labute approximate surface area is 158 Å². The number of nitrogens with zero attached hydrogens (tertiary/aromatic N) is 2. The summed E-state index contributed by atoms with van der Waals surface area (Å²) in [6.45, 7) is 2.87. The van der Waals surface area contributed by atoms with Crippen LogP contribution < -0.4 is 11.1 Å². The molecule has 0 saturated carbocycles. The lowest BCUT2D eigenvalue weighted by Crippen LogP contribution is -2.17. The molecule has 4 heterocycles. The molecule has 1 atom stereocenters. The van der Waals surface area contributed by atoms with Crippen LogP contribution in [0.5, 0.6) is 0 Å². The maximum Gasteiger partial charge on any atom is 0.127 e. The van der Waals surface area contributed by atoms with Crippen molar-refractivity contribution in [1.82, 2.24) is 9.36 Å². The van der Waals surface area contributed by atoms with E-state index in [1.165, 1.54) is 26.0 Å². The third kappa shape index (κ3) is 3.46. The van der Waals surface area contributed by atoms with Gasteiger partial charge < -0.3 is 11.1 Å². The standard InChI is InChI=1S/C18H18N4S3/c1-11(19)9-14-15(13-6-2-3-7-20-13)16-17(24-14)18(25-22-16)21-10-12-5-4-8-23-12/h2-8,11,21H,9-10,19H2,1H3. The van der Waals surface area contributed by atoms with E-state index in [1.807, 2.05) is 31.3 Å². The van der Waals surface area contributed by atoms with Crippen molar-refractivity contribution < 1.29 is 0 Å². The van der Waals surface area contributed by atoms with Crippen LogP contribution in [0.25, 0.3) is 21.5 Å². The zero-order valence-corrected chi connectivity index (χ0v) is 16.2. The van der Waals surface area contributed by atoms with Crippen molar-refractivity contribution in [3.05, 3.63) is 51.7 Å². The first kappa shape index (κ1) is 16.7. The molecule has 0 aliphatic carbocycles. The third-order valence-electron chi connectivity index (χ3n) is 3.82. The molecule has 0 aliphatic rings. The summed E-state index contributed by atoms with van der Waals surface area (Å²) >= 11 is 5.07. The molecular formula is C18H18N4S3. The average Bonchev–Trinajstić information content (AvgIpc) is 3.30. The van der Waals surface area contributed by atoms with Crippen LogP contribution in [-0.4, -0.2) is 15.4 Å². The molecule has 0 saturated heterocycles. The van der Waals surface area contributed by atoms with E-state index < -0.39 is 0 Å². The van der Waals surface area contributed by atoms with E-state index in [0.717, 1.165) is 34.7 Å². The fourth-order valence-corrected chi connectivity index (χ4v) is 5.67. The van der Waals surface area contributed by atoms with E-state index in [0.29, 0.717) is 0 Å². The van der Waals surface area contributed by atoms with Gasteiger partial charge in [-0.15, -0.1) is 22.7 Å². The molecule has 128 valence electrons. The molecule has 4 nitrogen and oxygen atoms in total. The van der Waals surface area contributed by atoms with Crippen molar-refractivity contribution in [2.45, 2.75) is 25.9 Å². The molecule has 0 radical (unpaired) electrons. The van der Waals surface area contributed by atoms with Gasteiger partial charge >= 0.3 is 0 Å². The quantitative estimate of drug-likeness (QED) is 0.490. The second kappa shape index (κ2) is 7.21. The van der Waals surface area contributed by atoms with Gasteiger partial charge in [-0.25, -0.2) is 0 Å². The number of rotatable bonds is 6. The number of thiophene rings is 2. The number of nitrogens with two attached hydrogens (primary N) is 1. The highest BCUT2D eigenvalue weighted by atomic mass is 32.1. The lowest BCUT2D eigenvalue weighted by molar-refractivity contribution is 0.747. The van der Waals surface area contributed by atoms with Crippen LogP contribution in [0.4, 0.5) is 5.00 Å².